The quantitative estimate of drug-likeness (QED) is 0.653. The van der Waals surface area contributed by atoms with Crippen molar-refractivity contribution >= 4 is 5.97 Å². The van der Waals surface area contributed by atoms with Gasteiger partial charge in [-0.15, -0.1) is 0 Å². The number of carboxylic acids is 1. The number of aromatic nitrogens is 1. The molecule has 3 nitrogen and oxygen atoms in total. The van der Waals surface area contributed by atoms with Crippen molar-refractivity contribution in [2.75, 3.05) is 0 Å². The molecule has 0 saturated heterocycles. The summed E-state index contributed by atoms with van der Waals surface area (Å²) in [5, 5.41) is 9.66. The molecule has 0 aliphatic rings. The van der Waals surface area contributed by atoms with Crippen molar-refractivity contribution in [3.63, 3.8) is 0 Å². The molecule has 0 spiro atoms. The van der Waals surface area contributed by atoms with Crippen LogP contribution in [0.25, 0.3) is 11.1 Å². The van der Waals surface area contributed by atoms with Crippen molar-refractivity contribution < 1.29 is 18.7 Å². The SMILES string of the molecule is CC(C)c1nc(Cc2ccc(F)cc2)c(C(=O)O)cc1-c1ccccc1F. The van der Waals surface area contributed by atoms with Crippen molar-refractivity contribution in [2.45, 2.75) is 26.2 Å². The van der Waals surface area contributed by atoms with Gasteiger partial charge in [0.15, 0.2) is 0 Å². The van der Waals surface area contributed by atoms with E-state index in [4.69, 9.17) is 0 Å². The zero-order valence-corrected chi connectivity index (χ0v) is 15.0. The fourth-order valence-corrected chi connectivity index (χ4v) is 3.02. The van der Waals surface area contributed by atoms with Crippen LogP contribution in [0, 0.1) is 11.6 Å². The number of carboxylic acid groups (broad SMARTS) is 1. The molecule has 3 rings (SSSR count). The first-order valence-corrected chi connectivity index (χ1v) is 8.63. The van der Waals surface area contributed by atoms with Crippen molar-refractivity contribution in [3.05, 3.63) is 88.7 Å². The molecule has 1 N–H and O–H groups in total. The summed E-state index contributed by atoms with van der Waals surface area (Å²) in [5.41, 5.74) is 2.56. The molecule has 138 valence electrons. The molecule has 0 aliphatic heterocycles. The summed E-state index contributed by atoms with van der Waals surface area (Å²) in [6.45, 7) is 3.85. The summed E-state index contributed by atoms with van der Waals surface area (Å²) >= 11 is 0. The van der Waals surface area contributed by atoms with E-state index in [0.29, 0.717) is 22.5 Å². The van der Waals surface area contributed by atoms with Crippen molar-refractivity contribution in [2.24, 2.45) is 0 Å². The summed E-state index contributed by atoms with van der Waals surface area (Å²) in [6.07, 6.45) is 0.249. The Morgan fingerprint density at radius 2 is 1.70 bits per heavy atom. The summed E-state index contributed by atoms with van der Waals surface area (Å²) < 4.78 is 27.5. The molecule has 2 aromatic carbocycles. The van der Waals surface area contributed by atoms with Crippen LogP contribution >= 0.6 is 0 Å². The first kappa shape index (κ1) is 18.7. The standard InChI is InChI=1S/C22H19F2NO2/c1-13(2)21-17(16-5-3-4-6-19(16)24)12-18(22(26)27)20(25-21)11-14-7-9-15(23)10-8-14/h3-10,12-13H,11H2,1-2H3,(H,26,27). The predicted octanol–water partition coefficient (Wildman–Crippen LogP) is 5.44. The molecule has 0 atom stereocenters. The summed E-state index contributed by atoms with van der Waals surface area (Å²) in [6, 6.07) is 13.6. The van der Waals surface area contributed by atoms with Crippen LogP contribution < -0.4 is 0 Å². The maximum absolute atomic E-state index is 14.3. The van der Waals surface area contributed by atoms with E-state index in [1.54, 1.807) is 30.3 Å². The fraction of sp³-hybridized carbons (Fsp3) is 0.182. The monoisotopic (exact) mass is 367 g/mol. The Morgan fingerprint density at radius 3 is 2.30 bits per heavy atom. The zero-order valence-electron chi connectivity index (χ0n) is 15.0. The smallest absolute Gasteiger partial charge is 0.337 e. The highest BCUT2D eigenvalue weighted by atomic mass is 19.1. The number of halogens is 2. The molecule has 3 aromatic rings. The lowest BCUT2D eigenvalue weighted by molar-refractivity contribution is 0.0695. The molecule has 0 amide bonds. The number of hydrogen-bond donors (Lipinski definition) is 1. The van der Waals surface area contributed by atoms with Gasteiger partial charge in [-0.05, 0) is 35.7 Å². The Bertz CT molecular complexity index is 982. The Kier molecular flexibility index (Phi) is 5.31. The van der Waals surface area contributed by atoms with Crippen LogP contribution in [0.1, 0.15) is 47.1 Å². The van der Waals surface area contributed by atoms with E-state index in [9.17, 15) is 18.7 Å². The predicted molar refractivity (Wildman–Crippen MR) is 99.9 cm³/mol. The minimum Gasteiger partial charge on any atom is -0.478 e. The highest BCUT2D eigenvalue weighted by Crippen LogP contribution is 2.32. The number of carbonyl (C=O) groups is 1. The molecule has 0 unspecified atom stereocenters. The van der Waals surface area contributed by atoms with Gasteiger partial charge >= 0.3 is 5.97 Å². The van der Waals surface area contributed by atoms with E-state index >= 15 is 0 Å². The van der Waals surface area contributed by atoms with Crippen molar-refractivity contribution in [1.29, 1.82) is 0 Å². The molecule has 0 fully saturated rings. The van der Waals surface area contributed by atoms with E-state index < -0.39 is 11.8 Å². The third-order valence-electron chi connectivity index (χ3n) is 4.36. The lowest BCUT2D eigenvalue weighted by Crippen LogP contribution is -2.10. The maximum atomic E-state index is 14.3. The van der Waals surface area contributed by atoms with E-state index in [1.165, 1.54) is 24.3 Å². The Morgan fingerprint density at radius 1 is 1.04 bits per heavy atom. The molecule has 0 aliphatic carbocycles. The number of aromatic carboxylic acids is 1. The van der Waals surface area contributed by atoms with Gasteiger partial charge in [0, 0.05) is 17.5 Å². The van der Waals surface area contributed by atoms with Gasteiger partial charge in [-0.25, -0.2) is 13.6 Å². The van der Waals surface area contributed by atoms with Crippen LogP contribution in [-0.4, -0.2) is 16.1 Å². The minimum atomic E-state index is -1.13. The molecule has 1 aromatic heterocycles. The van der Waals surface area contributed by atoms with Crippen molar-refractivity contribution in [3.8, 4) is 11.1 Å². The first-order chi connectivity index (χ1) is 12.9. The zero-order chi connectivity index (χ0) is 19.6. The topological polar surface area (TPSA) is 50.2 Å². The second-order valence-corrected chi connectivity index (χ2v) is 6.66. The number of nitrogens with zero attached hydrogens (tertiary/aromatic N) is 1. The fourth-order valence-electron chi connectivity index (χ4n) is 3.02. The van der Waals surface area contributed by atoms with Gasteiger partial charge in [-0.1, -0.05) is 44.2 Å². The van der Waals surface area contributed by atoms with Crippen LogP contribution in [0.3, 0.4) is 0 Å². The number of benzene rings is 2. The van der Waals surface area contributed by atoms with Gasteiger partial charge in [0.2, 0.25) is 0 Å². The number of pyridine rings is 1. The van der Waals surface area contributed by atoms with E-state index in [-0.39, 0.29) is 23.7 Å². The molecule has 0 radical (unpaired) electrons. The Labute approximate surface area is 156 Å². The molecule has 0 bridgehead atoms. The van der Waals surface area contributed by atoms with Crippen LogP contribution in [0.5, 0.6) is 0 Å². The van der Waals surface area contributed by atoms with Crippen LogP contribution in [0.15, 0.2) is 54.6 Å². The number of rotatable bonds is 5. The lowest BCUT2D eigenvalue weighted by atomic mass is 9.93. The summed E-state index contributed by atoms with van der Waals surface area (Å²) in [7, 11) is 0. The van der Waals surface area contributed by atoms with Gasteiger partial charge in [-0.2, -0.15) is 0 Å². The third-order valence-corrected chi connectivity index (χ3v) is 4.36. The molecular weight excluding hydrogens is 348 g/mol. The minimum absolute atomic E-state index is 0.0157. The molecule has 5 heteroatoms. The first-order valence-electron chi connectivity index (χ1n) is 8.63. The van der Waals surface area contributed by atoms with Gasteiger partial charge in [0.05, 0.1) is 17.0 Å². The second-order valence-electron chi connectivity index (χ2n) is 6.66. The van der Waals surface area contributed by atoms with Gasteiger partial charge in [0.1, 0.15) is 11.6 Å². The summed E-state index contributed by atoms with van der Waals surface area (Å²) in [5.74, 6) is -1.95. The normalized spacial score (nSPS) is 11.0. The van der Waals surface area contributed by atoms with Crippen molar-refractivity contribution in [1.82, 2.24) is 4.98 Å². The number of hydrogen-bond acceptors (Lipinski definition) is 2. The van der Waals surface area contributed by atoms with Gasteiger partial charge < -0.3 is 5.11 Å². The molecular formula is C22H19F2NO2. The van der Waals surface area contributed by atoms with Crippen LogP contribution in [0.2, 0.25) is 0 Å². The second kappa shape index (κ2) is 7.66. The van der Waals surface area contributed by atoms with E-state index in [2.05, 4.69) is 4.98 Å². The van der Waals surface area contributed by atoms with E-state index in [0.717, 1.165) is 5.56 Å². The molecule has 1 heterocycles. The maximum Gasteiger partial charge on any atom is 0.337 e. The molecule has 0 saturated carbocycles. The van der Waals surface area contributed by atoms with Gasteiger partial charge in [0.25, 0.3) is 0 Å². The lowest BCUT2D eigenvalue weighted by Gasteiger charge is -2.17. The van der Waals surface area contributed by atoms with Crippen LogP contribution in [0.4, 0.5) is 8.78 Å². The Hall–Kier alpha value is -3.08. The average molecular weight is 367 g/mol. The van der Waals surface area contributed by atoms with Gasteiger partial charge in [-0.3, -0.25) is 4.98 Å². The van der Waals surface area contributed by atoms with E-state index in [1.807, 2.05) is 13.8 Å². The largest absolute Gasteiger partial charge is 0.478 e. The highest BCUT2D eigenvalue weighted by molar-refractivity contribution is 5.91. The van der Waals surface area contributed by atoms with Crippen LogP contribution in [-0.2, 0) is 6.42 Å². The Balaban J connectivity index is 2.17. The summed E-state index contributed by atoms with van der Waals surface area (Å²) in [4.78, 5) is 16.4. The molecule has 27 heavy (non-hydrogen) atoms. The average Bonchev–Trinajstić information content (AvgIpc) is 2.63. The highest BCUT2D eigenvalue weighted by Gasteiger charge is 2.21. The third kappa shape index (κ3) is 4.03.